The first-order valence-electron chi connectivity index (χ1n) is 10.4. The number of fused-ring (bicyclic) bond motifs is 1. The minimum absolute atomic E-state index is 0.0638. The van der Waals surface area contributed by atoms with Gasteiger partial charge in [-0.15, -0.1) is 11.3 Å². The van der Waals surface area contributed by atoms with Crippen molar-refractivity contribution in [2.24, 2.45) is 5.92 Å². The van der Waals surface area contributed by atoms with Crippen molar-refractivity contribution in [2.45, 2.75) is 19.3 Å². The fraction of sp³-hybridized carbons (Fsp3) is 0.348. The highest BCUT2D eigenvalue weighted by Gasteiger charge is 2.25. The molecule has 2 heterocycles. The Balaban J connectivity index is 1.15. The fourth-order valence-corrected chi connectivity index (χ4v) is 4.74. The largest absolute Gasteiger partial charge is 0.449 e. The summed E-state index contributed by atoms with van der Waals surface area (Å²) in [6.07, 6.45) is 2.00. The second-order valence-electron chi connectivity index (χ2n) is 7.61. The summed E-state index contributed by atoms with van der Waals surface area (Å²) in [7, 11) is 0. The van der Waals surface area contributed by atoms with Gasteiger partial charge in [0, 0.05) is 23.0 Å². The van der Waals surface area contributed by atoms with Crippen LogP contribution in [-0.2, 0) is 4.74 Å². The number of ketones is 1. The van der Waals surface area contributed by atoms with Crippen LogP contribution in [0.3, 0.4) is 0 Å². The number of nitrogens with zero attached hydrogens (tertiary/aromatic N) is 2. The standard InChI is InChI=1S/C23H24ClN3O3S/c24-18-7-5-16(6-8-18)21(28)17-9-12-27(13-10-17)11-2-14-30-23(29)26-20-4-1-3-19-22(20)31-15-25-19/h1,3-8,15,17H,2,9-14H2,(H,26,29). The molecule has 0 atom stereocenters. The van der Waals surface area contributed by atoms with E-state index in [2.05, 4.69) is 15.2 Å². The molecule has 4 rings (SSSR count). The molecule has 2 aromatic carbocycles. The molecule has 1 aromatic heterocycles. The van der Waals surface area contributed by atoms with Gasteiger partial charge in [0.2, 0.25) is 0 Å². The number of piperidine rings is 1. The molecule has 0 unspecified atom stereocenters. The quantitative estimate of drug-likeness (QED) is 0.375. The van der Waals surface area contributed by atoms with Crippen molar-refractivity contribution >= 4 is 50.7 Å². The number of benzene rings is 2. The number of carbonyl (C=O) groups excluding carboxylic acids is 2. The van der Waals surface area contributed by atoms with Crippen LogP contribution >= 0.6 is 22.9 Å². The zero-order chi connectivity index (χ0) is 21.6. The van der Waals surface area contributed by atoms with E-state index in [-0.39, 0.29) is 11.7 Å². The highest BCUT2D eigenvalue weighted by molar-refractivity contribution is 7.17. The molecule has 0 saturated carbocycles. The van der Waals surface area contributed by atoms with Crippen molar-refractivity contribution in [2.75, 3.05) is 31.6 Å². The third kappa shape index (κ3) is 5.61. The second kappa shape index (κ2) is 10.2. The average Bonchev–Trinajstić information content (AvgIpc) is 3.27. The number of likely N-dealkylation sites (tertiary alicyclic amines) is 1. The number of rotatable bonds is 7. The SMILES string of the molecule is O=C(Nc1cccc2ncsc12)OCCCN1CCC(C(=O)c2ccc(Cl)cc2)CC1. The van der Waals surface area contributed by atoms with E-state index in [1.54, 1.807) is 29.8 Å². The number of aromatic nitrogens is 1. The van der Waals surface area contributed by atoms with E-state index in [4.69, 9.17) is 16.3 Å². The van der Waals surface area contributed by atoms with Gasteiger partial charge in [-0.2, -0.15) is 0 Å². The molecule has 31 heavy (non-hydrogen) atoms. The maximum Gasteiger partial charge on any atom is 0.411 e. The van der Waals surface area contributed by atoms with Gasteiger partial charge in [0.1, 0.15) is 0 Å². The van der Waals surface area contributed by atoms with Crippen LogP contribution in [0.2, 0.25) is 5.02 Å². The predicted molar refractivity (Wildman–Crippen MR) is 124 cm³/mol. The highest BCUT2D eigenvalue weighted by atomic mass is 35.5. The summed E-state index contributed by atoms with van der Waals surface area (Å²) in [6.45, 7) is 2.96. The average molecular weight is 458 g/mol. The van der Waals surface area contributed by atoms with E-state index < -0.39 is 6.09 Å². The van der Waals surface area contributed by atoms with Gasteiger partial charge in [-0.1, -0.05) is 17.7 Å². The van der Waals surface area contributed by atoms with Crippen LogP contribution < -0.4 is 5.32 Å². The molecule has 6 nitrogen and oxygen atoms in total. The number of anilines is 1. The van der Waals surface area contributed by atoms with E-state index in [9.17, 15) is 9.59 Å². The number of nitrogens with one attached hydrogen (secondary N) is 1. The molecule has 8 heteroatoms. The van der Waals surface area contributed by atoms with E-state index in [1.807, 2.05) is 18.2 Å². The van der Waals surface area contributed by atoms with Crippen molar-refractivity contribution in [3.05, 3.63) is 58.6 Å². The van der Waals surface area contributed by atoms with Crippen molar-refractivity contribution in [3.8, 4) is 0 Å². The number of amides is 1. The third-order valence-corrected chi connectivity index (χ3v) is 6.66. The molecule has 0 aliphatic carbocycles. The van der Waals surface area contributed by atoms with Gasteiger partial charge >= 0.3 is 6.09 Å². The maximum absolute atomic E-state index is 12.6. The van der Waals surface area contributed by atoms with Crippen molar-refractivity contribution in [1.82, 2.24) is 9.88 Å². The van der Waals surface area contributed by atoms with Crippen LogP contribution in [0.25, 0.3) is 10.2 Å². The zero-order valence-corrected chi connectivity index (χ0v) is 18.6. The summed E-state index contributed by atoms with van der Waals surface area (Å²) in [5.74, 6) is 0.265. The van der Waals surface area contributed by atoms with Gasteiger partial charge in [-0.3, -0.25) is 10.1 Å². The van der Waals surface area contributed by atoms with Crippen LogP contribution in [-0.4, -0.2) is 48.0 Å². The molecule has 0 bridgehead atoms. The van der Waals surface area contributed by atoms with E-state index >= 15 is 0 Å². The molecule has 162 valence electrons. The molecule has 0 spiro atoms. The number of ether oxygens (including phenoxy) is 1. The minimum atomic E-state index is -0.451. The molecule has 3 aromatic rings. The normalized spacial score (nSPS) is 15.1. The number of hydrogen-bond acceptors (Lipinski definition) is 6. The van der Waals surface area contributed by atoms with Crippen molar-refractivity contribution in [1.29, 1.82) is 0 Å². The Bertz CT molecular complexity index is 1050. The van der Waals surface area contributed by atoms with E-state index in [0.717, 1.165) is 60.4 Å². The lowest BCUT2D eigenvalue weighted by Crippen LogP contribution is -2.37. The van der Waals surface area contributed by atoms with Crippen LogP contribution in [0.5, 0.6) is 0 Å². The summed E-state index contributed by atoms with van der Waals surface area (Å²) in [6, 6.07) is 12.7. The van der Waals surface area contributed by atoms with Gasteiger partial charge in [-0.05, 0) is 68.8 Å². The number of Topliss-reactive ketones (excluding diaryl/α,β-unsaturated/α-hetero) is 1. The minimum Gasteiger partial charge on any atom is -0.449 e. The first-order valence-corrected chi connectivity index (χ1v) is 11.6. The molecule has 1 amide bonds. The van der Waals surface area contributed by atoms with Gasteiger partial charge < -0.3 is 9.64 Å². The first-order chi connectivity index (χ1) is 15.1. The third-order valence-electron chi connectivity index (χ3n) is 5.53. The summed E-state index contributed by atoms with van der Waals surface area (Å²) >= 11 is 7.39. The smallest absolute Gasteiger partial charge is 0.411 e. The maximum atomic E-state index is 12.6. The van der Waals surface area contributed by atoms with E-state index in [1.165, 1.54) is 11.3 Å². The Morgan fingerprint density at radius 2 is 1.94 bits per heavy atom. The summed E-state index contributed by atoms with van der Waals surface area (Å²) in [5.41, 5.74) is 4.07. The van der Waals surface area contributed by atoms with Crippen LogP contribution in [0.15, 0.2) is 48.0 Å². The highest BCUT2D eigenvalue weighted by Crippen LogP contribution is 2.26. The summed E-state index contributed by atoms with van der Waals surface area (Å²) in [4.78, 5) is 31.3. The molecule has 1 fully saturated rings. The zero-order valence-electron chi connectivity index (χ0n) is 17.1. The number of thiazole rings is 1. The molecule has 1 N–H and O–H groups in total. The van der Waals surface area contributed by atoms with Gasteiger partial charge in [-0.25, -0.2) is 9.78 Å². The lowest BCUT2D eigenvalue weighted by atomic mass is 9.89. The summed E-state index contributed by atoms with van der Waals surface area (Å²) < 4.78 is 6.27. The van der Waals surface area contributed by atoms with Crippen LogP contribution in [0, 0.1) is 5.92 Å². The monoisotopic (exact) mass is 457 g/mol. The predicted octanol–water partition coefficient (Wildman–Crippen LogP) is 5.48. The Kier molecular flexibility index (Phi) is 7.17. The molecule has 0 radical (unpaired) electrons. The van der Waals surface area contributed by atoms with Gasteiger partial charge in [0.15, 0.2) is 5.78 Å². The number of halogens is 1. The van der Waals surface area contributed by atoms with Crippen LogP contribution in [0.4, 0.5) is 10.5 Å². The lowest BCUT2D eigenvalue weighted by molar-refractivity contribution is 0.0830. The Morgan fingerprint density at radius 3 is 2.71 bits per heavy atom. The Morgan fingerprint density at radius 1 is 1.16 bits per heavy atom. The van der Waals surface area contributed by atoms with Crippen molar-refractivity contribution < 1.29 is 14.3 Å². The van der Waals surface area contributed by atoms with Gasteiger partial charge in [0.25, 0.3) is 0 Å². The fourth-order valence-electron chi connectivity index (χ4n) is 3.85. The molecule has 1 saturated heterocycles. The van der Waals surface area contributed by atoms with E-state index in [0.29, 0.717) is 11.6 Å². The Labute approximate surface area is 190 Å². The number of carbonyl (C=O) groups is 2. The summed E-state index contributed by atoms with van der Waals surface area (Å²) in [5, 5.41) is 3.44. The topological polar surface area (TPSA) is 71.5 Å². The van der Waals surface area contributed by atoms with Gasteiger partial charge in [0.05, 0.1) is 28.0 Å². The second-order valence-corrected chi connectivity index (χ2v) is 8.90. The van der Waals surface area contributed by atoms with Crippen molar-refractivity contribution in [3.63, 3.8) is 0 Å². The molecule has 1 aliphatic rings. The van der Waals surface area contributed by atoms with Crippen LogP contribution in [0.1, 0.15) is 29.6 Å². The Hall–Kier alpha value is -2.48. The molecule has 1 aliphatic heterocycles. The molecular weight excluding hydrogens is 434 g/mol. The molecular formula is C23H24ClN3O3S. The first kappa shape index (κ1) is 21.7. The number of hydrogen-bond donors (Lipinski definition) is 1. The lowest BCUT2D eigenvalue weighted by Gasteiger charge is -2.31.